The van der Waals surface area contributed by atoms with Crippen molar-refractivity contribution in [3.8, 4) is 11.5 Å². The topological polar surface area (TPSA) is 102 Å². The van der Waals surface area contributed by atoms with E-state index in [9.17, 15) is 22.8 Å². The van der Waals surface area contributed by atoms with Crippen molar-refractivity contribution in [3.05, 3.63) is 77.1 Å². The Morgan fingerprint density at radius 1 is 1.06 bits per heavy atom. The van der Waals surface area contributed by atoms with E-state index in [4.69, 9.17) is 0 Å². The lowest BCUT2D eigenvalue weighted by molar-refractivity contribution is -0.281. The number of nitrogens with zero attached hydrogens (tertiary/aromatic N) is 1. The minimum Gasteiger partial charge on any atom is -0.447 e. The molecule has 0 aliphatic carbocycles. The highest BCUT2D eigenvalue weighted by molar-refractivity contribution is 6.08. The Balaban J connectivity index is 1.51. The van der Waals surface area contributed by atoms with Crippen LogP contribution < -0.4 is 25.4 Å². The number of nitrogens with one attached hydrogen (secondary N) is 3. The summed E-state index contributed by atoms with van der Waals surface area (Å²) in [4.78, 5) is 28.9. The first kappa shape index (κ1) is 23.9. The van der Waals surface area contributed by atoms with Gasteiger partial charge in [-0.2, -0.15) is 13.2 Å². The third-order valence-corrected chi connectivity index (χ3v) is 5.22. The summed E-state index contributed by atoms with van der Waals surface area (Å²) in [5.41, 5.74) is 2.51. The van der Waals surface area contributed by atoms with Crippen molar-refractivity contribution < 1.29 is 32.2 Å². The van der Waals surface area contributed by atoms with Gasteiger partial charge in [0.2, 0.25) is 0 Å². The van der Waals surface area contributed by atoms with Crippen LogP contribution in [0.3, 0.4) is 0 Å². The number of alkyl halides is 3. The second kappa shape index (κ2) is 9.53. The molecule has 0 fully saturated rings. The molecule has 1 aliphatic rings. The fraction of sp³-hybridized carbons (Fsp3) is 0.208. The minimum atomic E-state index is -4.11. The number of aromatic nitrogens is 1. The SMILES string of the molecule is CNC(=O)c1cc(CNc2ccccc2C(=O)Nc2cc3c(cc2C)OC(F)(F)C(F)O3)ccn1. The largest absolute Gasteiger partial charge is 0.468 e. The van der Waals surface area contributed by atoms with E-state index < -0.39 is 18.4 Å². The molecule has 4 rings (SSSR count). The molecule has 3 N–H and O–H groups in total. The van der Waals surface area contributed by atoms with Gasteiger partial charge in [0, 0.05) is 37.2 Å². The van der Waals surface area contributed by atoms with E-state index in [-0.39, 0.29) is 28.8 Å². The van der Waals surface area contributed by atoms with Crippen molar-refractivity contribution in [3.63, 3.8) is 0 Å². The molecule has 8 nitrogen and oxygen atoms in total. The summed E-state index contributed by atoms with van der Waals surface area (Å²) in [6.45, 7) is 1.89. The third kappa shape index (κ3) is 5.13. The normalized spacial score (nSPS) is 15.7. The number of rotatable bonds is 6. The Hall–Kier alpha value is -4.28. The quantitative estimate of drug-likeness (QED) is 0.481. The molecule has 0 radical (unpaired) electrons. The van der Waals surface area contributed by atoms with Crippen LogP contribution in [0.4, 0.5) is 24.5 Å². The first-order valence-corrected chi connectivity index (χ1v) is 10.5. The number of anilines is 2. The number of hydrogen-bond donors (Lipinski definition) is 3. The Morgan fingerprint density at radius 2 is 1.83 bits per heavy atom. The first-order valence-electron chi connectivity index (χ1n) is 10.5. The Morgan fingerprint density at radius 3 is 2.60 bits per heavy atom. The van der Waals surface area contributed by atoms with Gasteiger partial charge in [-0.05, 0) is 48.4 Å². The van der Waals surface area contributed by atoms with Crippen LogP contribution in [-0.4, -0.2) is 36.3 Å². The van der Waals surface area contributed by atoms with E-state index in [1.54, 1.807) is 43.3 Å². The Labute approximate surface area is 198 Å². The standard InChI is InChI=1S/C24H21F3N4O4/c1-13-9-20-19(34-23(25)24(26,27)35-20)11-17(13)31-21(32)15-5-3-4-6-16(15)30-12-14-7-8-29-18(10-14)22(33)28-2/h3-11,23,30H,12H2,1-2H3,(H,28,33)(H,31,32). The van der Waals surface area contributed by atoms with Crippen molar-refractivity contribution >= 4 is 23.2 Å². The maximum absolute atomic E-state index is 13.5. The maximum Gasteiger partial charge on any atom is 0.468 e. The van der Waals surface area contributed by atoms with Gasteiger partial charge >= 0.3 is 12.5 Å². The van der Waals surface area contributed by atoms with E-state index >= 15 is 0 Å². The average molecular weight is 486 g/mol. The highest BCUT2D eigenvalue weighted by atomic mass is 19.3. The molecule has 2 amide bonds. The molecule has 1 atom stereocenters. The fourth-order valence-corrected chi connectivity index (χ4v) is 3.40. The molecular weight excluding hydrogens is 465 g/mol. The van der Waals surface area contributed by atoms with E-state index in [0.717, 1.165) is 5.56 Å². The van der Waals surface area contributed by atoms with Gasteiger partial charge in [0.05, 0.1) is 5.56 Å². The highest BCUT2D eigenvalue weighted by Gasteiger charge is 2.49. The number of carbonyl (C=O) groups excluding carboxylic acids is 2. The van der Waals surface area contributed by atoms with Gasteiger partial charge < -0.3 is 25.4 Å². The minimum absolute atomic E-state index is 0.244. The van der Waals surface area contributed by atoms with Crippen LogP contribution in [0.2, 0.25) is 0 Å². The number of fused-ring (bicyclic) bond motifs is 1. The number of halogens is 3. The van der Waals surface area contributed by atoms with Gasteiger partial charge in [-0.15, -0.1) is 0 Å². The number of aryl methyl sites for hydroxylation is 1. The molecule has 1 aromatic heterocycles. The summed E-state index contributed by atoms with van der Waals surface area (Å²) in [5.74, 6) is -1.38. The van der Waals surface area contributed by atoms with Gasteiger partial charge in [-0.3, -0.25) is 14.6 Å². The molecule has 0 saturated carbocycles. The van der Waals surface area contributed by atoms with E-state index in [1.807, 2.05) is 0 Å². The average Bonchev–Trinajstić information content (AvgIpc) is 2.84. The van der Waals surface area contributed by atoms with Crippen LogP contribution in [-0.2, 0) is 6.54 Å². The lowest BCUT2D eigenvalue weighted by Gasteiger charge is -2.29. The molecular formula is C24H21F3N4O4. The van der Waals surface area contributed by atoms with Crippen molar-refractivity contribution in [1.82, 2.24) is 10.3 Å². The lowest BCUT2D eigenvalue weighted by atomic mass is 10.1. The van der Waals surface area contributed by atoms with Crippen LogP contribution in [0.15, 0.2) is 54.7 Å². The molecule has 3 aromatic rings. The van der Waals surface area contributed by atoms with Crippen LogP contribution in [0.25, 0.3) is 0 Å². The number of hydrogen-bond acceptors (Lipinski definition) is 6. The van der Waals surface area contributed by atoms with Crippen molar-refractivity contribution in [2.45, 2.75) is 25.9 Å². The smallest absolute Gasteiger partial charge is 0.447 e. The number of carbonyl (C=O) groups is 2. The third-order valence-electron chi connectivity index (χ3n) is 5.22. The van der Waals surface area contributed by atoms with Gasteiger partial charge in [0.1, 0.15) is 5.69 Å². The second-order valence-electron chi connectivity index (χ2n) is 7.69. The van der Waals surface area contributed by atoms with E-state index in [2.05, 4.69) is 30.4 Å². The molecule has 182 valence electrons. The van der Waals surface area contributed by atoms with Gasteiger partial charge in [-0.25, -0.2) is 0 Å². The Bertz CT molecular complexity index is 1290. The van der Waals surface area contributed by atoms with Crippen molar-refractivity contribution in [1.29, 1.82) is 0 Å². The number of para-hydroxylation sites is 1. The molecule has 0 saturated heterocycles. The van der Waals surface area contributed by atoms with E-state index in [0.29, 0.717) is 23.4 Å². The summed E-state index contributed by atoms with van der Waals surface area (Å²) < 4.78 is 49.5. The molecule has 35 heavy (non-hydrogen) atoms. The van der Waals surface area contributed by atoms with Crippen LogP contribution >= 0.6 is 0 Å². The zero-order valence-electron chi connectivity index (χ0n) is 18.7. The summed E-state index contributed by atoms with van der Waals surface area (Å²) in [6.07, 6.45) is -5.56. The molecule has 0 bridgehead atoms. The molecule has 0 spiro atoms. The van der Waals surface area contributed by atoms with Crippen LogP contribution in [0.1, 0.15) is 32.0 Å². The van der Waals surface area contributed by atoms with E-state index in [1.165, 1.54) is 25.4 Å². The molecule has 2 heterocycles. The lowest BCUT2D eigenvalue weighted by Crippen LogP contribution is -2.43. The Kier molecular flexibility index (Phi) is 6.50. The molecule has 1 aliphatic heterocycles. The summed E-state index contributed by atoms with van der Waals surface area (Å²) in [6, 6.07) is 12.6. The number of benzene rings is 2. The maximum atomic E-state index is 13.5. The summed E-state index contributed by atoms with van der Waals surface area (Å²) in [7, 11) is 1.51. The van der Waals surface area contributed by atoms with Crippen molar-refractivity contribution in [2.24, 2.45) is 0 Å². The summed E-state index contributed by atoms with van der Waals surface area (Å²) in [5, 5.41) is 8.37. The highest BCUT2D eigenvalue weighted by Crippen LogP contribution is 2.43. The van der Waals surface area contributed by atoms with Gasteiger partial charge in [0.25, 0.3) is 11.8 Å². The number of amides is 2. The molecule has 11 heteroatoms. The molecule has 1 unspecified atom stereocenters. The first-order chi connectivity index (χ1) is 16.7. The zero-order chi connectivity index (χ0) is 25.2. The van der Waals surface area contributed by atoms with Gasteiger partial charge in [0.15, 0.2) is 11.5 Å². The number of ether oxygens (including phenoxy) is 2. The number of pyridine rings is 1. The second-order valence-corrected chi connectivity index (χ2v) is 7.69. The van der Waals surface area contributed by atoms with Crippen LogP contribution in [0, 0.1) is 6.92 Å². The predicted octanol–water partition coefficient (Wildman–Crippen LogP) is 4.27. The van der Waals surface area contributed by atoms with Gasteiger partial charge in [-0.1, -0.05) is 12.1 Å². The zero-order valence-corrected chi connectivity index (χ0v) is 18.7. The fourth-order valence-electron chi connectivity index (χ4n) is 3.40. The molecule has 2 aromatic carbocycles. The van der Waals surface area contributed by atoms with Crippen molar-refractivity contribution in [2.75, 3.05) is 17.7 Å². The predicted molar refractivity (Wildman–Crippen MR) is 122 cm³/mol. The monoisotopic (exact) mass is 486 g/mol. The summed E-state index contributed by atoms with van der Waals surface area (Å²) >= 11 is 0. The van der Waals surface area contributed by atoms with Crippen LogP contribution in [0.5, 0.6) is 11.5 Å².